The van der Waals surface area contributed by atoms with Crippen LogP contribution in [0, 0.1) is 0 Å². The van der Waals surface area contributed by atoms with Gasteiger partial charge in [0.15, 0.2) is 0 Å². The number of hydrogen-bond donors (Lipinski definition) is 2. The number of rotatable bonds is 5. The molecular weight excluding hydrogens is 418 g/mol. The molecule has 3 heterocycles. The third-order valence-corrected chi connectivity index (χ3v) is 4.97. The Kier molecular flexibility index (Phi) is 5.87. The van der Waals surface area contributed by atoms with Gasteiger partial charge in [-0.15, -0.1) is 0 Å². The summed E-state index contributed by atoms with van der Waals surface area (Å²) < 4.78 is 9.33. The van der Waals surface area contributed by atoms with Gasteiger partial charge < -0.3 is 10.1 Å². The van der Waals surface area contributed by atoms with Crippen LogP contribution in [-0.4, -0.2) is 30.6 Å². The average molecular weight is 446 g/mol. The number of aromatic nitrogens is 5. The lowest BCUT2D eigenvalue weighted by Gasteiger charge is -2.13. The molecular formula is C24H27N7O2. The number of aryl methyl sites for hydroxylation is 2. The van der Waals surface area contributed by atoms with Crippen molar-refractivity contribution in [3.63, 3.8) is 0 Å². The molecule has 4 aromatic rings. The molecule has 0 saturated heterocycles. The number of nitrogens with one attached hydrogen (secondary N) is 2. The van der Waals surface area contributed by atoms with Crippen LogP contribution in [0.3, 0.4) is 0 Å². The lowest BCUT2D eigenvalue weighted by molar-refractivity contribution is 0.262. The first-order chi connectivity index (χ1) is 15.7. The zero-order valence-electron chi connectivity index (χ0n) is 19.3. The topological polar surface area (TPSA) is 98.9 Å². The summed E-state index contributed by atoms with van der Waals surface area (Å²) in [6.45, 7) is 6.23. The Bertz CT molecular complexity index is 1270. The van der Waals surface area contributed by atoms with Gasteiger partial charge in [-0.25, -0.2) is 4.79 Å². The third-order valence-electron chi connectivity index (χ3n) is 4.97. The van der Waals surface area contributed by atoms with Crippen LogP contribution < -0.4 is 15.4 Å². The summed E-state index contributed by atoms with van der Waals surface area (Å²) in [6.07, 6.45) is 5.35. The van der Waals surface area contributed by atoms with E-state index in [1.165, 1.54) is 0 Å². The molecule has 0 saturated carbocycles. The largest absolute Gasteiger partial charge is 0.457 e. The molecule has 0 atom stereocenters. The van der Waals surface area contributed by atoms with Gasteiger partial charge in [0.2, 0.25) is 0 Å². The summed E-state index contributed by atoms with van der Waals surface area (Å²) in [5.74, 6) is 1.93. The highest BCUT2D eigenvalue weighted by Gasteiger charge is 2.19. The molecule has 170 valence electrons. The van der Waals surface area contributed by atoms with Gasteiger partial charge in [0.25, 0.3) is 0 Å². The Hall–Kier alpha value is -4.14. The summed E-state index contributed by atoms with van der Waals surface area (Å²) in [6, 6.07) is 12.3. The Morgan fingerprint density at radius 3 is 2.39 bits per heavy atom. The van der Waals surface area contributed by atoms with Crippen molar-refractivity contribution in [2.75, 3.05) is 10.6 Å². The van der Waals surface area contributed by atoms with Crippen molar-refractivity contribution in [2.45, 2.75) is 26.2 Å². The molecule has 0 bridgehead atoms. The normalized spacial score (nSPS) is 11.3. The number of pyridine rings is 1. The average Bonchev–Trinajstić information content (AvgIpc) is 3.35. The Morgan fingerprint density at radius 1 is 1.00 bits per heavy atom. The second-order valence-electron chi connectivity index (χ2n) is 8.77. The lowest BCUT2D eigenvalue weighted by Crippen LogP contribution is -2.20. The molecule has 9 heteroatoms. The maximum atomic E-state index is 12.4. The van der Waals surface area contributed by atoms with Crippen LogP contribution in [0.2, 0.25) is 0 Å². The maximum Gasteiger partial charge on any atom is 0.324 e. The molecule has 2 N–H and O–H groups in total. The summed E-state index contributed by atoms with van der Waals surface area (Å²) >= 11 is 0. The van der Waals surface area contributed by atoms with Gasteiger partial charge >= 0.3 is 6.03 Å². The second-order valence-corrected chi connectivity index (χ2v) is 8.77. The molecule has 0 aliphatic carbocycles. The number of carbonyl (C=O) groups excluding carboxylic acids is 1. The van der Waals surface area contributed by atoms with Crippen LogP contribution in [-0.2, 0) is 19.5 Å². The molecule has 33 heavy (non-hydrogen) atoms. The fraction of sp³-hybridized carbons (Fsp3) is 0.250. The van der Waals surface area contributed by atoms with Crippen LogP contribution in [0.4, 0.5) is 16.3 Å². The standard InChI is InChI=1S/C24H27N7O2/c1-24(2,3)21-13-22(31(5)29-21)28-23(32)27-17-6-8-18(9-7-17)33-19-10-11-25-20(12-19)16-14-26-30(4)15-16/h6-15H,1-5H3,(H2,27,28,32). The van der Waals surface area contributed by atoms with Gasteiger partial charge in [0.05, 0.1) is 17.6 Å². The lowest BCUT2D eigenvalue weighted by atomic mass is 9.92. The first kappa shape index (κ1) is 22.1. The number of amides is 2. The van der Waals surface area contributed by atoms with Crippen LogP contribution in [0.1, 0.15) is 26.5 Å². The molecule has 2 amide bonds. The first-order valence-electron chi connectivity index (χ1n) is 10.5. The summed E-state index contributed by atoms with van der Waals surface area (Å²) in [7, 11) is 3.66. The SMILES string of the molecule is Cn1cc(-c2cc(Oc3ccc(NC(=O)Nc4cc(C(C)(C)C)nn4C)cc3)ccn2)cn1. The van der Waals surface area contributed by atoms with E-state index in [0.717, 1.165) is 17.0 Å². The molecule has 3 aromatic heterocycles. The van der Waals surface area contributed by atoms with Gasteiger partial charge in [0, 0.05) is 55.3 Å². The number of ether oxygens (including phenoxy) is 1. The highest BCUT2D eigenvalue weighted by molar-refractivity contribution is 5.99. The Labute approximate surface area is 192 Å². The van der Waals surface area contributed by atoms with Crippen LogP contribution in [0.25, 0.3) is 11.3 Å². The van der Waals surface area contributed by atoms with E-state index >= 15 is 0 Å². The second kappa shape index (κ2) is 8.78. The van der Waals surface area contributed by atoms with E-state index in [4.69, 9.17) is 4.74 Å². The third kappa shape index (κ3) is 5.38. The predicted molar refractivity (Wildman–Crippen MR) is 128 cm³/mol. The van der Waals surface area contributed by atoms with Gasteiger partial charge in [-0.05, 0) is 30.3 Å². The molecule has 1 aromatic carbocycles. The zero-order valence-corrected chi connectivity index (χ0v) is 19.3. The molecule has 0 aliphatic heterocycles. The van der Waals surface area contributed by atoms with Gasteiger partial charge in [-0.3, -0.25) is 19.7 Å². The zero-order chi connectivity index (χ0) is 23.6. The van der Waals surface area contributed by atoms with E-state index in [9.17, 15) is 4.79 Å². The molecule has 0 fully saturated rings. The minimum atomic E-state index is -0.345. The first-order valence-corrected chi connectivity index (χ1v) is 10.5. The summed E-state index contributed by atoms with van der Waals surface area (Å²) in [4.78, 5) is 16.8. The minimum absolute atomic E-state index is 0.0996. The number of carbonyl (C=O) groups is 1. The summed E-state index contributed by atoms with van der Waals surface area (Å²) in [5.41, 5.74) is 3.14. The summed E-state index contributed by atoms with van der Waals surface area (Å²) in [5, 5.41) is 14.3. The Morgan fingerprint density at radius 2 is 1.76 bits per heavy atom. The van der Waals surface area contributed by atoms with Crippen molar-refractivity contribution < 1.29 is 9.53 Å². The van der Waals surface area contributed by atoms with Crippen molar-refractivity contribution in [1.29, 1.82) is 0 Å². The van der Waals surface area contributed by atoms with Crippen LogP contribution in [0.15, 0.2) is 61.1 Å². The van der Waals surface area contributed by atoms with Gasteiger partial charge in [-0.1, -0.05) is 20.8 Å². The van der Waals surface area contributed by atoms with Crippen LogP contribution >= 0.6 is 0 Å². The number of benzene rings is 1. The molecule has 0 spiro atoms. The van der Waals surface area contributed by atoms with Gasteiger partial charge in [0.1, 0.15) is 17.3 Å². The van der Waals surface area contributed by atoms with Crippen LogP contribution in [0.5, 0.6) is 11.5 Å². The van der Waals surface area contributed by atoms with E-state index in [0.29, 0.717) is 23.0 Å². The van der Waals surface area contributed by atoms with E-state index in [-0.39, 0.29) is 11.4 Å². The number of urea groups is 1. The molecule has 4 rings (SSSR count). The van der Waals surface area contributed by atoms with E-state index in [1.54, 1.807) is 59.1 Å². The minimum Gasteiger partial charge on any atom is -0.457 e. The van der Waals surface area contributed by atoms with Crippen molar-refractivity contribution in [1.82, 2.24) is 24.5 Å². The molecule has 0 unspecified atom stereocenters. The van der Waals surface area contributed by atoms with E-state index in [2.05, 4.69) is 46.6 Å². The van der Waals surface area contributed by atoms with Crippen molar-refractivity contribution in [3.8, 4) is 22.8 Å². The highest BCUT2D eigenvalue weighted by Crippen LogP contribution is 2.27. The fourth-order valence-electron chi connectivity index (χ4n) is 3.16. The smallest absolute Gasteiger partial charge is 0.324 e. The fourth-order valence-corrected chi connectivity index (χ4v) is 3.16. The quantitative estimate of drug-likeness (QED) is 0.453. The number of anilines is 2. The van der Waals surface area contributed by atoms with E-state index in [1.807, 2.05) is 25.4 Å². The monoisotopic (exact) mass is 445 g/mol. The molecule has 9 nitrogen and oxygen atoms in total. The maximum absolute atomic E-state index is 12.4. The highest BCUT2D eigenvalue weighted by atomic mass is 16.5. The number of hydrogen-bond acceptors (Lipinski definition) is 5. The van der Waals surface area contributed by atoms with Crippen molar-refractivity contribution in [2.24, 2.45) is 14.1 Å². The predicted octanol–water partition coefficient (Wildman–Crippen LogP) is 4.95. The van der Waals surface area contributed by atoms with Crippen molar-refractivity contribution in [3.05, 3.63) is 66.7 Å². The Balaban J connectivity index is 1.38. The van der Waals surface area contributed by atoms with Gasteiger partial charge in [-0.2, -0.15) is 10.2 Å². The number of nitrogens with zero attached hydrogens (tertiary/aromatic N) is 5. The van der Waals surface area contributed by atoms with E-state index < -0.39 is 0 Å². The molecule has 0 radical (unpaired) electrons. The molecule has 0 aliphatic rings. The van der Waals surface area contributed by atoms with Crippen molar-refractivity contribution >= 4 is 17.5 Å².